The summed E-state index contributed by atoms with van der Waals surface area (Å²) in [4.78, 5) is 36.1. The van der Waals surface area contributed by atoms with Gasteiger partial charge in [-0.1, -0.05) is 71.7 Å². The fourth-order valence-corrected chi connectivity index (χ4v) is 4.41. The summed E-state index contributed by atoms with van der Waals surface area (Å²) in [5.41, 5.74) is 5.87. The molecule has 3 aromatic carbocycles. The fraction of sp³-hybridized carbons (Fsp3) is 0. The predicted molar refractivity (Wildman–Crippen MR) is 165 cm³/mol. The van der Waals surface area contributed by atoms with Gasteiger partial charge in [0.05, 0.1) is 5.69 Å². The number of nitrogens with zero attached hydrogens (tertiary/aromatic N) is 6. The van der Waals surface area contributed by atoms with Crippen molar-refractivity contribution in [2.45, 2.75) is 0 Å². The second kappa shape index (κ2) is 12.0. The number of hydrazine groups is 1. The molecular weight excluding hydrogens is 573 g/mol. The summed E-state index contributed by atoms with van der Waals surface area (Å²) in [5, 5.41) is 8.66. The van der Waals surface area contributed by atoms with Crippen LogP contribution in [0, 0.1) is 0 Å². The molecule has 10 nitrogen and oxygen atoms in total. The van der Waals surface area contributed by atoms with E-state index in [2.05, 4.69) is 41.0 Å². The van der Waals surface area contributed by atoms with E-state index in [-0.39, 0.29) is 23.5 Å². The number of anilines is 5. The SMILES string of the molecule is O=C1/C(=C\c2ccccn2)N=C(c2ccccc2)N1Nc1nc(Nc2cccc(Cl)c2)nc(Nc2cccc(Cl)c2)n1. The van der Waals surface area contributed by atoms with Crippen molar-refractivity contribution in [1.29, 1.82) is 0 Å². The van der Waals surface area contributed by atoms with Crippen molar-refractivity contribution >= 4 is 70.2 Å². The van der Waals surface area contributed by atoms with Gasteiger partial charge in [-0.25, -0.2) is 4.99 Å². The number of amides is 1. The molecule has 2 aromatic heterocycles. The summed E-state index contributed by atoms with van der Waals surface area (Å²) in [6.07, 6.45) is 3.27. The number of carbonyl (C=O) groups is 1. The molecule has 6 rings (SSSR count). The Morgan fingerprint density at radius 2 is 1.31 bits per heavy atom. The van der Waals surface area contributed by atoms with Crippen LogP contribution in [0.15, 0.2) is 114 Å². The van der Waals surface area contributed by atoms with E-state index < -0.39 is 5.91 Å². The summed E-state index contributed by atoms with van der Waals surface area (Å²) in [7, 11) is 0. The summed E-state index contributed by atoms with van der Waals surface area (Å²) >= 11 is 12.3. The summed E-state index contributed by atoms with van der Waals surface area (Å²) in [5.74, 6) is 0.447. The van der Waals surface area contributed by atoms with Crippen molar-refractivity contribution in [1.82, 2.24) is 24.9 Å². The Morgan fingerprint density at radius 3 is 1.90 bits per heavy atom. The molecule has 1 aliphatic rings. The quantitative estimate of drug-likeness (QED) is 0.170. The fourth-order valence-electron chi connectivity index (χ4n) is 4.03. The third-order valence-electron chi connectivity index (χ3n) is 5.87. The second-order valence-electron chi connectivity index (χ2n) is 8.91. The average molecular weight is 594 g/mol. The van der Waals surface area contributed by atoms with E-state index in [0.29, 0.717) is 38.5 Å². The highest BCUT2D eigenvalue weighted by atomic mass is 35.5. The molecule has 0 saturated carbocycles. The maximum atomic E-state index is 13.6. The number of amidine groups is 1. The zero-order valence-corrected chi connectivity index (χ0v) is 23.3. The molecule has 0 bridgehead atoms. The molecule has 0 saturated heterocycles. The van der Waals surface area contributed by atoms with Crippen molar-refractivity contribution < 1.29 is 4.79 Å². The molecule has 1 aliphatic heterocycles. The topological polar surface area (TPSA) is 120 Å². The zero-order valence-electron chi connectivity index (χ0n) is 21.7. The van der Waals surface area contributed by atoms with Crippen LogP contribution in [0.25, 0.3) is 6.08 Å². The van der Waals surface area contributed by atoms with Gasteiger partial charge in [-0.2, -0.15) is 20.0 Å². The van der Waals surface area contributed by atoms with E-state index in [4.69, 9.17) is 23.2 Å². The number of aromatic nitrogens is 4. The zero-order chi connectivity index (χ0) is 28.9. The Balaban J connectivity index is 1.37. The van der Waals surface area contributed by atoms with Gasteiger partial charge in [0, 0.05) is 33.2 Å². The van der Waals surface area contributed by atoms with E-state index in [1.165, 1.54) is 5.01 Å². The average Bonchev–Trinajstić information content (AvgIpc) is 3.28. The van der Waals surface area contributed by atoms with Gasteiger partial charge in [0.2, 0.25) is 17.8 Å². The van der Waals surface area contributed by atoms with Crippen LogP contribution in [0.1, 0.15) is 11.3 Å². The lowest BCUT2D eigenvalue weighted by Gasteiger charge is -2.20. The number of benzene rings is 3. The Bertz CT molecular complexity index is 1750. The van der Waals surface area contributed by atoms with Crippen LogP contribution >= 0.6 is 23.2 Å². The van der Waals surface area contributed by atoms with Gasteiger partial charge >= 0.3 is 0 Å². The molecule has 42 heavy (non-hydrogen) atoms. The van der Waals surface area contributed by atoms with Crippen molar-refractivity contribution in [2.75, 3.05) is 16.1 Å². The highest BCUT2D eigenvalue weighted by Gasteiger charge is 2.32. The number of carbonyl (C=O) groups excluding carboxylic acids is 1. The summed E-state index contributed by atoms with van der Waals surface area (Å²) in [6.45, 7) is 0. The van der Waals surface area contributed by atoms with E-state index in [9.17, 15) is 4.79 Å². The van der Waals surface area contributed by atoms with E-state index in [0.717, 1.165) is 0 Å². The van der Waals surface area contributed by atoms with Gasteiger partial charge in [0.1, 0.15) is 5.70 Å². The molecule has 5 aromatic rings. The number of pyridine rings is 1. The first-order valence-electron chi connectivity index (χ1n) is 12.7. The second-order valence-corrected chi connectivity index (χ2v) is 9.79. The molecule has 0 unspecified atom stereocenters. The van der Waals surface area contributed by atoms with Crippen molar-refractivity contribution in [3.63, 3.8) is 0 Å². The standard InChI is InChI=1S/C30H21Cl2N9O/c31-20-10-6-13-23(16-20)34-28-37-29(35-24-14-7-11-21(32)17-24)39-30(38-28)40-41-26(19-8-2-1-3-9-19)36-25(27(41)42)18-22-12-4-5-15-33-22/h1-18H,(H3,34,35,37,38,39,40)/b25-18+. The third kappa shape index (κ3) is 6.35. The Labute approximate surface area is 250 Å². The Kier molecular flexibility index (Phi) is 7.71. The van der Waals surface area contributed by atoms with Gasteiger partial charge in [-0.05, 0) is 54.6 Å². The lowest BCUT2D eigenvalue weighted by molar-refractivity contribution is -0.121. The number of hydrogen-bond donors (Lipinski definition) is 3. The molecule has 1 amide bonds. The van der Waals surface area contributed by atoms with Crippen molar-refractivity contribution in [2.24, 2.45) is 4.99 Å². The van der Waals surface area contributed by atoms with Crippen LogP contribution < -0.4 is 16.1 Å². The number of rotatable bonds is 8. The minimum absolute atomic E-state index is 0.0788. The van der Waals surface area contributed by atoms with Crippen LogP contribution in [0.2, 0.25) is 10.0 Å². The maximum Gasteiger partial charge on any atom is 0.297 e. The minimum Gasteiger partial charge on any atom is -0.324 e. The predicted octanol–water partition coefficient (Wildman–Crippen LogP) is 6.72. The van der Waals surface area contributed by atoms with Gasteiger partial charge in [-0.15, -0.1) is 0 Å². The van der Waals surface area contributed by atoms with Crippen LogP contribution in [-0.2, 0) is 4.79 Å². The highest BCUT2D eigenvalue weighted by Crippen LogP contribution is 2.25. The van der Waals surface area contributed by atoms with Crippen LogP contribution in [0.4, 0.5) is 29.2 Å². The molecule has 3 N–H and O–H groups in total. The summed E-state index contributed by atoms with van der Waals surface area (Å²) in [6, 6.07) is 29.0. The number of nitrogens with one attached hydrogen (secondary N) is 3. The van der Waals surface area contributed by atoms with E-state index in [1.807, 2.05) is 48.5 Å². The number of aliphatic imine (C=N–C) groups is 1. The first-order chi connectivity index (χ1) is 20.5. The van der Waals surface area contributed by atoms with Crippen LogP contribution in [0.3, 0.4) is 0 Å². The van der Waals surface area contributed by atoms with Gasteiger partial charge in [0.25, 0.3) is 5.91 Å². The molecule has 3 heterocycles. The van der Waals surface area contributed by atoms with Gasteiger partial charge in [-0.3, -0.25) is 15.2 Å². The summed E-state index contributed by atoms with van der Waals surface area (Å²) < 4.78 is 0. The van der Waals surface area contributed by atoms with Crippen molar-refractivity contribution in [3.05, 3.63) is 130 Å². The molecule has 0 radical (unpaired) electrons. The van der Waals surface area contributed by atoms with Gasteiger partial charge in [0.15, 0.2) is 5.84 Å². The highest BCUT2D eigenvalue weighted by molar-refractivity contribution is 6.31. The van der Waals surface area contributed by atoms with E-state index in [1.54, 1.807) is 60.8 Å². The molecule has 0 spiro atoms. The van der Waals surface area contributed by atoms with Crippen LogP contribution in [0.5, 0.6) is 0 Å². The number of halogens is 2. The minimum atomic E-state index is -0.409. The monoisotopic (exact) mass is 593 g/mol. The maximum absolute atomic E-state index is 13.6. The Hall–Kier alpha value is -5.32. The van der Waals surface area contributed by atoms with Crippen LogP contribution in [-0.4, -0.2) is 36.7 Å². The number of hydrogen-bond acceptors (Lipinski definition) is 9. The molecule has 206 valence electrons. The lowest BCUT2D eigenvalue weighted by atomic mass is 10.2. The lowest BCUT2D eigenvalue weighted by Crippen LogP contribution is -2.38. The molecule has 12 heteroatoms. The molecule has 0 aliphatic carbocycles. The van der Waals surface area contributed by atoms with E-state index >= 15 is 0 Å². The largest absolute Gasteiger partial charge is 0.324 e. The third-order valence-corrected chi connectivity index (χ3v) is 6.34. The first kappa shape index (κ1) is 26.9. The molecule has 0 atom stereocenters. The first-order valence-corrected chi connectivity index (χ1v) is 13.4. The molecular formula is C30H21Cl2N9O. The molecule has 0 fully saturated rings. The Morgan fingerprint density at radius 1 is 0.690 bits per heavy atom. The smallest absolute Gasteiger partial charge is 0.297 e. The normalized spacial score (nSPS) is 13.7. The van der Waals surface area contributed by atoms with Gasteiger partial charge < -0.3 is 10.6 Å². The van der Waals surface area contributed by atoms with Crippen molar-refractivity contribution in [3.8, 4) is 0 Å².